The van der Waals surface area contributed by atoms with E-state index in [0.29, 0.717) is 17.8 Å². The van der Waals surface area contributed by atoms with Crippen molar-refractivity contribution >= 4 is 87.6 Å². The second-order valence-corrected chi connectivity index (χ2v) is 26.0. The Morgan fingerprint density at radius 1 is 0.302 bits per heavy atom. The number of benzene rings is 6. The summed E-state index contributed by atoms with van der Waals surface area (Å²) in [6, 6.07) is 59.8. The lowest BCUT2D eigenvalue weighted by Crippen LogP contribution is -1.88. The van der Waals surface area contributed by atoms with E-state index < -0.39 is 0 Å². The molecule has 13 heteroatoms. The van der Waals surface area contributed by atoms with Gasteiger partial charge in [-0.1, -0.05) is 313 Å². The first-order chi connectivity index (χ1) is 51.1. The number of rotatable bonds is 3. The third kappa shape index (κ3) is 48.0. The lowest BCUT2D eigenvalue weighted by molar-refractivity contribution is 0.501. The molecule has 14 rings (SSSR count). The maximum absolute atomic E-state index is 5.52. The lowest BCUT2D eigenvalue weighted by Gasteiger charge is -1.95. The highest BCUT2D eigenvalue weighted by molar-refractivity contribution is 7.18. The third-order valence-corrected chi connectivity index (χ3v) is 12.6. The van der Waals surface area contributed by atoms with Gasteiger partial charge in [0.2, 0.25) is 0 Å². The van der Waals surface area contributed by atoms with Crippen LogP contribution in [0.25, 0.3) is 76.2 Å². The smallest absolute Gasteiger partial charge is 0.198 e. The molecule has 580 valence electrons. The van der Waals surface area contributed by atoms with Gasteiger partial charge in [-0.15, -0.1) is 11.3 Å². The van der Waals surface area contributed by atoms with E-state index in [4.69, 9.17) is 4.42 Å². The van der Waals surface area contributed by atoms with E-state index in [1.165, 1.54) is 15.1 Å². The van der Waals surface area contributed by atoms with Gasteiger partial charge in [-0.25, -0.2) is 34.9 Å². The predicted octanol–water partition coefficient (Wildman–Crippen LogP) is 30.0. The molecular weight excluding hydrogens is 1320 g/mol. The Kier molecular flexibility index (Phi) is 65.9. The fourth-order valence-electron chi connectivity index (χ4n) is 7.28. The zero-order valence-corrected chi connectivity index (χ0v) is 72.5. The number of H-pyrrole nitrogens is 1. The van der Waals surface area contributed by atoms with Crippen molar-refractivity contribution in [2.24, 2.45) is 23.7 Å². The molecule has 0 bridgehead atoms. The Hall–Kier alpha value is -9.20. The number of pyridine rings is 3. The Morgan fingerprint density at radius 2 is 0.670 bits per heavy atom. The number of para-hydroxylation sites is 9. The largest absolute Gasteiger partial charge is 0.440 e. The first-order valence-corrected chi connectivity index (χ1v) is 39.8. The van der Waals surface area contributed by atoms with Crippen molar-refractivity contribution in [2.75, 3.05) is 0 Å². The fourth-order valence-corrected chi connectivity index (χ4v) is 8.25. The fraction of sp³-hybridized carbons (Fsp3) is 0.419. The highest BCUT2D eigenvalue weighted by Crippen LogP contribution is 2.27. The Morgan fingerprint density at radius 3 is 1.08 bits per heavy atom. The van der Waals surface area contributed by atoms with Crippen molar-refractivity contribution in [1.82, 2.24) is 54.8 Å². The summed E-state index contributed by atoms with van der Waals surface area (Å²) in [5.74, 6) is 6.59. The summed E-state index contributed by atoms with van der Waals surface area (Å²) in [5.41, 5.74) is 9.90. The van der Waals surface area contributed by atoms with Crippen LogP contribution >= 0.6 is 11.3 Å². The number of hydrogen-bond donors (Lipinski definition) is 1. The monoisotopic (exact) mass is 1460 g/mol. The number of fused-ring (bicyclic) bond motifs is 7. The van der Waals surface area contributed by atoms with Crippen molar-refractivity contribution in [3.63, 3.8) is 0 Å². The summed E-state index contributed by atoms with van der Waals surface area (Å²) in [7, 11) is 0. The molecule has 0 radical (unpaired) electrons. The highest BCUT2D eigenvalue weighted by atomic mass is 32.1. The maximum Gasteiger partial charge on any atom is 0.198 e. The topological polar surface area (TPSA) is 158 Å². The molecule has 0 aliphatic heterocycles. The molecule has 12 nitrogen and oxygen atoms in total. The molecule has 0 fully saturated rings. The number of aromatic nitrogens is 11. The molecule has 0 atom stereocenters. The summed E-state index contributed by atoms with van der Waals surface area (Å²) in [6.45, 7) is 66.8. The van der Waals surface area contributed by atoms with Gasteiger partial charge in [0.25, 0.3) is 0 Å². The number of imidazole rings is 1. The number of oxazole rings is 1. The minimum Gasteiger partial charge on any atom is -0.440 e. The second-order valence-electron chi connectivity index (χ2n) is 24.9. The molecule has 0 aliphatic carbocycles. The second kappa shape index (κ2) is 67.7. The van der Waals surface area contributed by atoms with Crippen molar-refractivity contribution in [3.8, 4) is 0 Å². The predicted molar refractivity (Wildman–Crippen MR) is 474 cm³/mol. The van der Waals surface area contributed by atoms with Gasteiger partial charge in [-0.05, 0) is 115 Å². The first-order valence-electron chi connectivity index (χ1n) is 39.0. The van der Waals surface area contributed by atoms with Crippen LogP contribution in [-0.4, -0.2) is 54.8 Å². The normalized spacial score (nSPS) is 9.35. The van der Waals surface area contributed by atoms with Crippen LogP contribution in [0.1, 0.15) is 256 Å². The molecule has 14 aromatic rings. The third-order valence-electron chi connectivity index (χ3n) is 11.2. The summed E-state index contributed by atoms with van der Waals surface area (Å²) in [5, 5.41) is 4.61. The standard InChI is InChI=1S/C10H12N2.C10H11NO.C10H11NS.C9H7N.3C8H6N2.4C4H10.7C2H6/c3*1-7(2)10-11-8-5-3-4-6-9(8)12-10;1-2-6-9-8(4-1)5-3-7-10-9;1-3-7-4-2-6-10-8(7)9-5-1;1-2-4-8-7(3-1)5-9-6-10-8;1-2-4-8-7(3-1)9-5-6-10-8;4*1-4(2)3;7*1-2/h3-7H,1-2H3,(H,11,12);2*3-7H,1-2H3;1-7H;3*1-6H;4*4H,1-3H3;7*1-2H3. The molecule has 0 unspecified atom stereocenters. The average molecular weight is 1460 g/mol. The molecule has 0 aliphatic rings. The number of thiazole rings is 1. The molecule has 0 spiro atoms. The van der Waals surface area contributed by atoms with Crippen molar-refractivity contribution in [2.45, 2.75) is 239 Å². The molecule has 0 amide bonds. The van der Waals surface area contributed by atoms with E-state index in [9.17, 15) is 0 Å². The summed E-state index contributed by atoms with van der Waals surface area (Å²) in [6.07, 6.45) is 12.1. The zero-order chi connectivity index (χ0) is 81.2. The maximum atomic E-state index is 5.52. The van der Waals surface area contributed by atoms with Crippen molar-refractivity contribution in [3.05, 3.63) is 242 Å². The van der Waals surface area contributed by atoms with E-state index in [1.807, 2.05) is 261 Å². The number of nitrogens with one attached hydrogen (secondary N) is 1. The van der Waals surface area contributed by atoms with Crippen LogP contribution in [-0.2, 0) is 0 Å². The molecule has 8 heterocycles. The molecule has 0 saturated carbocycles. The van der Waals surface area contributed by atoms with Crippen LogP contribution in [0.4, 0.5) is 0 Å². The van der Waals surface area contributed by atoms with Gasteiger partial charge in [-0.3, -0.25) is 15.0 Å². The van der Waals surface area contributed by atoms with E-state index in [2.05, 4.69) is 210 Å². The minimum absolute atomic E-state index is 0.359. The number of aromatic amines is 1. The quantitative estimate of drug-likeness (QED) is 0.179. The van der Waals surface area contributed by atoms with Crippen molar-refractivity contribution < 1.29 is 4.42 Å². The first kappa shape index (κ1) is 103. The van der Waals surface area contributed by atoms with E-state index in [0.717, 1.165) is 102 Å². The van der Waals surface area contributed by atoms with Crippen LogP contribution in [0.2, 0.25) is 0 Å². The summed E-state index contributed by atoms with van der Waals surface area (Å²) < 4.78 is 6.81. The summed E-state index contributed by atoms with van der Waals surface area (Å²) >= 11 is 1.79. The number of nitrogens with zero attached hydrogens (tertiary/aromatic N) is 10. The van der Waals surface area contributed by atoms with Crippen LogP contribution in [0, 0.1) is 23.7 Å². The Bertz CT molecular complexity index is 3360. The van der Waals surface area contributed by atoms with Gasteiger partial charge >= 0.3 is 0 Å². The Labute approximate surface area is 648 Å². The van der Waals surface area contributed by atoms with Gasteiger partial charge in [0.15, 0.2) is 17.1 Å². The van der Waals surface area contributed by atoms with Crippen molar-refractivity contribution in [1.29, 1.82) is 0 Å². The lowest BCUT2D eigenvalue weighted by atomic mass is 10.2. The number of hydrogen-bond acceptors (Lipinski definition) is 12. The van der Waals surface area contributed by atoms with Crippen LogP contribution in [0.15, 0.2) is 230 Å². The van der Waals surface area contributed by atoms with Crippen LogP contribution < -0.4 is 0 Å². The van der Waals surface area contributed by atoms with Gasteiger partial charge in [0.05, 0.1) is 48.3 Å². The van der Waals surface area contributed by atoms with E-state index in [-0.39, 0.29) is 0 Å². The van der Waals surface area contributed by atoms with Gasteiger partial charge in [0, 0.05) is 71.1 Å². The molecule has 106 heavy (non-hydrogen) atoms. The van der Waals surface area contributed by atoms with Gasteiger partial charge in [-0.2, -0.15) is 0 Å². The summed E-state index contributed by atoms with van der Waals surface area (Å²) in [4.78, 5) is 45.1. The molecule has 6 aromatic carbocycles. The molecule has 8 aromatic heterocycles. The van der Waals surface area contributed by atoms with Crippen LogP contribution in [0.5, 0.6) is 0 Å². The van der Waals surface area contributed by atoms with Gasteiger partial charge in [0.1, 0.15) is 17.7 Å². The Balaban J connectivity index is -0.000000540. The molecular formula is C93H141N11OS. The van der Waals surface area contributed by atoms with Gasteiger partial charge < -0.3 is 9.40 Å². The highest BCUT2D eigenvalue weighted by Gasteiger charge is 2.08. The zero-order valence-electron chi connectivity index (χ0n) is 71.7. The van der Waals surface area contributed by atoms with E-state index in [1.54, 1.807) is 42.5 Å². The average Bonchev–Trinajstić information content (AvgIpc) is 1.60. The minimum atomic E-state index is 0.359. The van der Waals surface area contributed by atoms with Crippen LogP contribution in [0.3, 0.4) is 0 Å². The van der Waals surface area contributed by atoms with E-state index >= 15 is 0 Å². The SMILES string of the molecule is CC.CC.CC.CC.CC.CC.CC.CC(C)C.CC(C)C.CC(C)C.CC(C)C.CC(C)c1nc2ccccc2[nH]1.CC(C)c1nc2ccccc2o1.CC(C)c1nc2ccccc2s1.c1ccc2ncccc2c1.c1ccc2nccnc2c1.c1ccc2ncncc2c1.c1cnc2ncccc2c1. The molecule has 0 saturated heterocycles. The molecule has 1 N–H and O–H groups in total.